The lowest BCUT2D eigenvalue weighted by molar-refractivity contribution is -0.267. The van der Waals surface area contributed by atoms with Crippen LogP contribution in [0.15, 0.2) is 5.38 Å². The molecule has 0 saturated heterocycles. The van der Waals surface area contributed by atoms with Crippen LogP contribution in [-0.4, -0.2) is 40.3 Å². The third-order valence-electron chi connectivity index (χ3n) is 4.61. The number of rotatable bonds is 6. The van der Waals surface area contributed by atoms with Crippen molar-refractivity contribution in [3.8, 4) is 0 Å². The highest BCUT2D eigenvalue weighted by molar-refractivity contribution is 7.09. The minimum Gasteiger partial charge on any atom is -0.464 e. The van der Waals surface area contributed by atoms with Crippen molar-refractivity contribution in [3.05, 3.63) is 16.1 Å². The standard InChI is InChI=1S/C17H23F3N2O4S/c1-3-26-14(24)15(7-5-4-6-8-15)22-12(23)9-16(25,17(18,19)20)13-21-11(2)10-27-13/h10,25H,3-9H2,1-2H3,(H,22,23)/t16-/m1/s1. The molecule has 0 radical (unpaired) electrons. The Bertz CT molecular complexity index is 686. The fraction of sp³-hybridized carbons (Fsp3) is 0.706. The SMILES string of the molecule is CCOC(=O)C1(NC(=O)C[C@@](O)(c2nc(C)cs2)C(F)(F)F)CCCCC1. The van der Waals surface area contributed by atoms with E-state index in [4.69, 9.17) is 4.74 Å². The van der Waals surface area contributed by atoms with E-state index in [1.807, 2.05) is 0 Å². The number of esters is 1. The number of alkyl halides is 3. The quantitative estimate of drug-likeness (QED) is 0.707. The molecule has 1 aromatic rings. The van der Waals surface area contributed by atoms with Gasteiger partial charge >= 0.3 is 12.1 Å². The summed E-state index contributed by atoms with van der Waals surface area (Å²) in [6.07, 6.45) is -3.63. The number of ether oxygens (including phenoxy) is 1. The van der Waals surface area contributed by atoms with E-state index in [2.05, 4.69) is 10.3 Å². The summed E-state index contributed by atoms with van der Waals surface area (Å²) in [5.74, 6) is -1.73. The number of halogens is 3. The van der Waals surface area contributed by atoms with Crippen LogP contribution in [0, 0.1) is 6.92 Å². The summed E-state index contributed by atoms with van der Waals surface area (Å²) in [4.78, 5) is 28.5. The number of carbonyl (C=O) groups excluding carboxylic acids is 2. The van der Waals surface area contributed by atoms with Crippen molar-refractivity contribution in [1.29, 1.82) is 0 Å². The van der Waals surface area contributed by atoms with E-state index in [0.29, 0.717) is 42.7 Å². The molecule has 1 fully saturated rings. The van der Waals surface area contributed by atoms with E-state index in [1.165, 1.54) is 12.3 Å². The number of nitrogens with zero attached hydrogens (tertiary/aromatic N) is 1. The van der Waals surface area contributed by atoms with Crippen LogP contribution in [-0.2, 0) is 19.9 Å². The van der Waals surface area contributed by atoms with Gasteiger partial charge in [0.2, 0.25) is 11.5 Å². The minimum absolute atomic E-state index is 0.0985. The van der Waals surface area contributed by atoms with Gasteiger partial charge in [0.15, 0.2) is 0 Å². The van der Waals surface area contributed by atoms with Gasteiger partial charge in [0.05, 0.1) is 13.0 Å². The van der Waals surface area contributed by atoms with Crippen LogP contribution in [0.1, 0.15) is 56.2 Å². The lowest BCUT2D eigenvalue weighted by atomic mass is 9.81. The predicted molar refractivity (Wildman–Crippen MR) is 92.0 cm³/mol. The smallest absolute Gasteiger partial charge is 0.424 e. The Morgan fingerprint density at radius 2 is 1.96 bits per heavy atom. The summed E-state index contributed by atoms with van der Waals surface area (Å²) >= 11 is 0.632. The Kier molecular flexibility index (Phi) is 6.51. The fourth-order valence-electron chi connectivity index (χ4n) is 3.19. The maximum atomic E-state index is 13.6. The van der Waals surface area contributed by atoms with Crippen molar-refractivity contribution in [2.75, 3.05) is 6.61 Å². The molecule has 152 valence electrons. The number of hydrogen-bond acceptors (Lipinski definition) is 6. The summed E-state index contributed by atoms with van der Waals surface area (Å²) in [5.41, 5.74) is -4.45. The number of carbonyl (C=O) groups is 2. The number of thiazole rings is 1. The Labute approximate surface area is 159 Å². The first-order chi connectivity index (χ1) is 12.5. The predicted octanol–water partition coefficient (Wildman–Crippen LogP) is 2.97. The van der Waals surface area contributed by atoms with Gasteiger partial charge in [0, 0.05) is 11.1 Å². The molecular formula is C17H23F3N2O4S. The summed E-state index contributed by atoms with van der Waals surface area (Å²) in [6.45, 7) is 3.21. The number of amides is 1. The molecule has 27 heavy (non-hydrogen) atoms. The maximum Gasteiger partial charge on any atom is 0.424 e. The molecule has 0 aromatic carbocycles. The molecule has 1 aromatic heterocycles. The highest BCUT2D eigenvalue weighted by Gasteiger charge is 2.58. The molecule has 1 aliphatic carbocycles. The first-order valence-corrected chi connectivity index (χ1v) is 9.62. The first kappa shape index (κ1) is 21.6. The molecule has 0 unspecified atom stereocenters. The highest BCUT2D eigenvalue weighted by atomic mass is 32.1. The van der Waals surface area contributed by atoms with Crippen molar-refractivity contribution in [2.45, 2.75) is 69.7 Å². The van der Waals surface area contributed by atoms with Gasteiger partial charge in [-0.1, -0.05) is 19.3 Å². The van der Waals surface area contributed by atoms with E-state index in [-0.39, 0.29) is 6.61 Å². The number of nitrogens with one attached hydrogen (secondary N) is 1. The second-order valence-corrected chi connectivity index (χ2v) is 7.60. The van der Waals surface area contributed by atoms with Crippen molar-refractivity contribution in [2.24, 2.45) is 0 Å². The summed E-state index contributed by atoms with van der Waals surface area (Å²) < 4.78 is 45.7. The topological polar surface area (TPSA) is 88.5 Å². The molecule has 0 spiro atoms. The normalized spacial score (nSPS) is 19.2. The van der Waals surface area contributed by atoms with Crippen LogP contribution in [0.3, 0.4) is 0 Å². The highest BCUT2D eigenvalue weighted by Crippen LogP contribution is 2.43. The lowest BCUT2D eigenvalue weighted by Crippen LogP contribution is -2.58. The van der Waals surface area contributed by atoms with Crippen LogP contribution < -0.4 is 5.32 Å². The second kappa shape index (κ2) is 8.14. The van der Waals surface area contributed by atoms with Gasteiger partial charge in [-0.2, -0.15) is 13.2 Å². The zero-order valence-electron chi connectivity index (χ0n) is 15.2. The zero-order chi connectivity index (χ0) is 20.3. The lowest BCUT2D eigenvalue weighted by Gasteiger charge is -2.36. The molecule has 1 aliphatic rings. The van der Waals surface area contributed by atoms with Gasteiger partial charge in [-0.3, -0.25) is 4.79 Å². The molecule has 0 aliphatic heterocycles. The van der Waals surface area contributed by atoms with Crippen LogP contribution >= 0.6 is 11.3 Å². The van der Waals surface area contributed by atoms with E-state index in [0.717, 1.165) is 6.42 Å². The Hall–Kier alpha value is -1.68. The molecule has 0 bridgehead atoms. The molecule has 1 saturated carbocycles. The molecule has 10 heteroatoms. The first-order valence-electron chi connectivity index (χ1n) is 8.74. The van der Waals surface area contributed by atoms with E-state index < -0.39 is 40.6 Å². The van der Waals surface area contributed by atoms with E-state index in [9.17, 15) is 27.9 Å². The number of aromatic nitrogens is 1. The monoisotopic (exact) mass is 408 g/mol. The molecule has 2 N–H and O–H groups in total. The van der Waals surface area contributed by atoms with Crippen molar-refractivity contribution in [3.63, 3.8) is 0 Å². The van der Waals surface area contributed by atoms with Crippen LogP contribution in [0.5, 0.6) is 0 Å². The fourth-order valence-corrected chi connectivity index (χ4v) is 4.10. The van der Waals surface area contributed by atoms with Gasteiger partial charge in [0.1, 0.15) is 10.5 Å². The van der Waals surface area contributed by atoms with Gasteiger partial charge < -0.3 is 15.2 Å². The van der Waals surface area contributed by atoms with Gasteiger partial charge in [-0.05, 0) is 26.7 Å². The Balaban J connectivity index is 2.25. The molecular weight excluding hydrogens is 385 g/mol. The summed E-state index contributed by atoms with van der Waals surface area (Å²) in [6, 6.07) is 0. The van der Waals surface area contributed by atoms with Gasteiger partial charge in [-0.25, -0.2) is 9.78 Å². The van der Waals surface area contributed by atoms with Crippen LogP contribution in [0.25, 0.3) is 0 Å². The van der Waals surface area contributed by atoms with Crippen LogP contribution in [0.4, 0.5) is 13.2 Å². The Morgan fingerprint density at radius 1 is 1.33 bits per heavy atom. The average molecular weight is 408 g/mol. The van der Waals surface area contributed by atoms with Gasteiger partial charge in [0.25, 0.3) is 0 Å². The van der Waals surface area contributed by atoms with Crippen molar-refractivity contribution in [1.82, 2.24) is 10.3 Å². The van der Waals surface area contributed by atoms with Crippen molar-refractivity contribution >= 4 is 23.2 Å². The third-order valence-corrected chi connectivity index (χ3v) is 5.72. The zero-order valence-corrected chi connectivity index (χ0v) is 16.0. The molecule has 2 rings (SSSR count). The number of aryl methyl sites for hydroxylation is 1. The van der Waals surface area contributed by atoms with Gasteiger partial charge in [-0.15, -0.1) is 11.3 Å². The number of aliphatic hydroxyl groups is 1. The minimum atomic E-state index is -5.10. The molecule has 1 amide bonds. The van der Waals surface area contributed by atoms with E-state index >= 15 is 0 Å². The Morgan fingerprint density at radius 3 is 2.44 bits per heavy atom. The second-order valence-electron chi connectivity index (χ2n) is 6.74. The van der Waals surface area contributed by atoms with Crippen molar-refractivity contribution < 1.29 is 32.6 Å². The summed E-state index contributed by atoms with van der Waals surface area (Å²) in [5, 5.41) is 13.5. The summed E-state index contributed by atoms with van der Waals surface area (Å²) in [7, 11) is 0. The maximum absolute atomic E-state index is 13.6. The third kappa shape index (κ3) is 4.60. The van der Waals surface area contributed by atoms with Crippen LogP contribution in [0.2, 0.25) is 0 Å². The van der Waals surface area contributed by atoms with E-state index in [1.54, 1.807) is 6.92 Å². The average Bonchev–Trinajstić information content (AvgIpc) is 3.01. The largest absolute Gasteiger partial charge is 0.464 e. The molecule has 1 heterocycles. The molecule has 1 atom stereocenters. The number of hydrogen-bond donors (Lipinski definition) is 2. The molecule has 6 nitrogen and oxygen atoms in total.